The molecule has 1 heterocycles. The van der Waals surface area contributed by atoms with E-state index in [1.54, 1.807) is 6.07 Å². The van der Waals surface area contributed by atoms with Crippen molar-refractivity contribution in [2.75, 3.05) is 0 Å². The molecule has 0 saturated heterocycles. The van der Waals surface area contributed by atoms with Crippen LogP contribution in [-0.4, -0.2) is 6.29 Å². The first-order chi connectivity index (χ1) is 9.17. The summed E-state index contributed by atoms with van der Waals surface area (Å²) in [6.45, 7) is 0. The van der Waals surface area contributed by atoms with Crippen LogP contribution in [0.25, 0.3) is 22.3 Å². The molecule has 0 atom stereocenters. The summed E-state index contributed by atoms with van der Waals surface area (Å²) in [7, 11) is 0. The smallest absolute Gasteiger partial charge is 0.150 e. The first kappa shape index (κ1) is 11.6. The Kier molecular flexibility index (Phi) is 2.63. The third-order valence-electron chi connectivity index (χ3n) is 2.87. The normalized spacial score (nSPS) is 10.8. The van der Waals surface area contributed by atoms with Gasteiger partial charge in [0.1, 0.15) is 29.3 Å². The van der Waals surface area contributed by atoms with Gasteiger partial charge in [-0.25, -0.2) is 8.78 Å². The Hall–Kier alpha value is -2.49. The van der Waals surface area contributed by atoms with Crippen LogP contribution in [0.5, 0.6) is 0 Å². The number of hydrogen-bond donors (Lipinski definition) is 0. The van der Waals surface area contributed by atoms with Crippen molar-refractivity contribution in [2.45, 2.75) is 0 Å². The third kappa shape index (κ3) is 2.01. The molecule has 0 aliphatic carbocycles. The minimum Gasteiger partial charge on any atom is -0.456 e. The molecule has 0 saturated carbocycles. The molecule has 3 aromatic rings. The van der Waals surface area contributed by atoms with E-state index in [-0.39, 0.29) is 17.1 Å². The molecule has 1 aromatic heterocycles. The van der Waals surface area contributed by atoms with E-state index in [2.05, 4.69) is 0 Å². The van der Waals surface area contributed by atoms with Crippen molar-refractivity contribution in [3.8, 4) is 11.3 Å². The molecule has 0 spiro atoms. The molecule has 94 valence electrons. The number of fused-ring (bicyclic) bond motifs is 1. The first-order valence-electron chi connectivity index (χ1n) is 5.61. The zero-order valence-corrected chi connectivity index (χ0v) is 9.69. The SMILES string of the molecule is O=Cc1ccc(F)c(-c2cc3cc(F)ccc3o2)c1. The van der Waals surface area contributed by atoms with Gasteiger partial charge in [-0.3, -0.25) is 4.79 Å². The highest BCUT2D eigenvalue weighted by Crippen LogP contribution is 2.30. The summed E-state index contributed by atoms with van der Waals surface area (Å²) in [6.07, 6.45) is 0.630. The summed E-state index contributed by atoms with van der Waals surface area (Å²) in [4.78, 5) is 10.7. The number of halogens is 2. The van der Waals surface area contributed by atoms with Gasteiger partial charge in [0.05, 0.1) is 5.56 Å². The molecule has 0 aliphatic rings. The van der Waals surface area contributed by atoms with Gasteiger partial charge < -0.3 is 4.42 Å². The van der Waals surface area contributed by atoms with E-state index in [9.17, 15) is 13.6 Å². The van der Waals surface area contributed by atoms with Crippen molar-refractivity contribution >= 4 is 17.3 Å². The zero-order valence-electron chi connectivity index (χ0n) is 9.69. The maximum atomic E-state index is 13.7. The van der Waals surface area contributed by atoms with E-state index in [1.807, 2.05) is 0 Å². The van der Waals surface area contributed by atoms with E-state index in [0.717, 1.165) is 0 Å². The number of hydrogen-bond acceptors (Lipinski definition) is 2. The van der Waals surface area contributed by atoms with Gasteiger partial charge in [0.2, 0.25) is 0 Å². The predicted molar refractivity (Wildman–Crippen MR) is 67.0 cm³/mol. The minimum absolute atomic E-state index is 0.182. The van der Waals surface area contributed by atoms with Crippen LogP contribution in [0.1, 0.15) is 10.4 Å². The lowest BCUT2D eigenvalue weighted by molar-refractivity contribution is 0.112. The van der Waals surface area contributed by atoms with Gasteiger partial charge in [-0.05, 0) is 42.5 Å². The quantitative estimate of drug-likeness (QED) is 0.645. The minimum atomic E-state index is -0.495. The predicted octanol–water partition coefficient (Wildman–Crippen LogP) is 4.19. The summed E-state index contributed by atoms with van der Waals surface area (Å²) >= 11 is 0. The Balaban J connectivity index is 2.21. The molecule has 3 rings (SSSR count). The average Bonchev–Trinajstić information content (AvgIpc) is 2.82. The zero-order chi connectivity index (χ0) is 13.4. The Labute approximate surface area is 107 Å². The molecular weight excluding hydrogens is 250 g/mol. The molecular formula is C15H8F2O2. The Morgan fingerprint density at radius 1 is 1.00 bits per heavy atom. The van der Waals surface area contributed by atoms with E-state index >= 15 is 0 Å². The Morgan fingerprint density at radius 2 is 1.84 bits per heavy atom. The summed E-state index contributed by atoms with van der Waals surface area (Å²) in [5.74, 6) is -0.617. The number of furan rings is 1. The van der Waals surface area contributed by atoms with E-state index in [4.69, 9.17) is 4.42 Å². The molecule has 19 heavy (non-hydrogen) atoms. The lowest BCUT2D eigenvalue weighted by Gasteiger charge is -1.99. The molecule has 2 aromatic carbocycles. The molecule has 0 N–H and O–H groups in total. The lowest BCUT2D eigenvalue weighted by Crippen LogP contribution is -1.86. The molecule has 4 heteroatoms. The lowest BCUT2D eigenvalue weighted by atomic mass is 10.1. The van der Waals surface area contributed by atoms with Crippen molar-refractivity contribution in [2.24, 2.45) is 0 Å². The van der Waals surface area contributed by atoms with Crippen LogP contribution in [-0.2, 0) is 0 Å². The van der Waals surface area contributed by atoms with Crippen LogP contribution >= 0.6 is 0 Å². The molecule has 0 radical (unpaired) electrons. The molecule has 2 nitrogen and oxygen atoms in total. The second-order valence-corrected chi connectivity index (χ2v) is 4.15. The first-order valence-corrected chi connectivity index (χ1v) is 5.61. The van der Waals surface area contributed by atoms with Gasteiger partial charge in [-0.15, -0.1) is 0 Å². The van der Waals surface area contributed by atoms with Crippen molar-refractivity contribution in [3.05, 3.63) is 59.7 Å². The van der Waals surface area contributed by atoms with Gasteiger partial charge in [0.15, 0.2) is 0 Å². The van der Waals surface area contributed by atoms with Crippen LogP contribution < -0.4 is 0 Å². The molecule has 0 fully saturated rings. The number of benzene rings is 2. The van der Waals surface area contributed by atoms with Crippen LogP contribution in [0.4, 0.5) is 8.78 Å². The summed E-state index contributed by atoms with van der Waals surface area (Å²) < 4.78 is 32.3. The summed E-state index contributed by atoms with van der Waals surface area (Å²) in [6, 6.07) is 9.59. The summed E-state index contributed by atoms with van der Waals surface area (Å²) in [5, 5.41) is 0.547. The van der Waals surface area contributed by atoms with Crippen LogP contribution in [0.2, 0.25) is 0 Å². The molecule has 0 aliphatic heterocycles. The second-order valence-electron chi connectivity index (χ2n) is 4.15. The number of carbonyl (C=O) groups excluding carboxylic acids is 1. The van der Waals surface area contributed by atoms with Gasteiger partial charge in [-0.2, -0.15) is 0 Å². The summed E-state index contributed by atoms with van der Waals surface area (Å²) in [5.41, 5.74) is 0.997. The third-order valence-corrected chi connectivity index (χ3v) is 2.87. The van der Waals surface area contributed by atoms with Crippen LogP contribution in [0.15, 0.2) is 46.9 Å². The monoisotopic (exact) mass is 258 g/mol. The van der Waals surface area contributed by atoms with E-state index in [0.29, 0.717) is 22.8 Å². The topological polar surface area (TPSA) is 30.2 Å². The maximum Gasteiger partial charge on any atom is 0.150 e. The number of aldehydes is 1. The standard InChI is InChI=1S/C15H8F2O2/c16-11-2-4-14-10(6-11)7-15(19-14)12-5-9(8-18)1-3-13(12)17/h1-8H. The van der Waals surface area contributed by atoms with Crippen molar-refractivity contribution < 1.29 is 18.0 Å². The van der Waals surface area contributed by atoms with Gasteiger partial charge in [-0.1, -0.05) is 0 Å². The van der Waals surface area contributed by atoms with Crippen molar-refractivity contribution in [1.82, 2.24) is 0 Å². The highest BCUT2D eigenvalue weighted by Gasteiger charge is 2.12. The van der Waals surface area contributed by atoms with Crippen LogP contribution in [0.3, 0.4) is 0 Å². The Bertz CT molecular complexity index is 775. The van der Waals surface area contributed by atoms with Gasteiger partial charge >= 0.3 is 0 Å². The molecule has 0 unspecified atom stereocenters. The second kappa shape index (κ2) is 4.31. The average molecular weight is 258 g/mol. The largest absolute Gasteiger partial charge is 0.456 e. The fourth-order valence-electron chi connectivity index (χ4n) is 1.95. The fraction of sp³-hybridized carbons (Fsp3) is 0. The molecule has 0 amide bonds. The van der Waals surface area contributed by atoms with Crippen LogP contribution in [0, 0.1) is 11.6 Å². The van der Waals surface area contributed by atoms with Crippen molar-refractivity contribution in [1.29, 1.82) is 0 Å². The number of rotatable bonds is 2. The maximum absolute atomic E-state index is 13.7. The number of carbonyl (C=O) groups is 1. The van der Waals surface area contributed by atoms with Crippen molar-refractivity contribution in [3.63, 3.8) is 0 Å². The van der Waals surface area contributed by atoms with E-state index < -0.39 is 5.82 Å². The highest BCUT2D eigenvalue weighted by molar-refractivity contribution is 5.84. The molecule has 0 bridgehead atoms. The van der Waals surface area contributed by atoms with E-state index in [1.165, 1.54) is 36.4 Å². The highest BCUT2D eigenvalue weighted by atomic mass is 19.1. The van der Waals surface area contributed by atoms with Gasteiger partial charge in [0.25, 0.3) is 0 Å². The Morgan fingerprint density at radius 3 is 2.63 bits per heavy atom. The van der Waals surface area contributed by atoms with Gasteiger partial charge in [0, 0.05) is 10.9 Å². The fourth-order valence-corrected chi connectivity index (χ4v) is 1.95.